The van der Waals surface area contributed by atoms with Crippen LogP contribution in [0, 0.1) is 0 Å². The average molecular weight is 268 g/mol. The molecule has 0 rings (SSSR count). The van der Waals surface area contributed by atoms with E-state index in [1.165, 1.54) is 17.1 Å². The number of nitrogens with zero attached hydrogens (tertiary/aromatic N) is 1. The number of amides is 2. The van der Waals surface area contributed by atoms with Crippen LogP contribution in [0.3, 0.4) is 0 Å². The first-order valence-corrected chi connectivity index (χ1v) is 6.25. The molecule has 0 aliphatic heterocycles. The van der Waals surface area contributed by atoms with Gasteiger partial charge in [0.2, 0.25) is 11.8 Å². The molecule has 0 fully saturated rings. The van der Waals surface area contributed by atoms with Gasteiger partial charge in [-0.25, -0.2) is 0 Å². The molecule has 0 heterocycles. The summed E-state index contributed by atoms with van der Waals surface area (Å²) in [7, 11) is 5.23. The Morgan fingerprint density at radius 3 is 2.37 bits per heavy atom. The summed E-state index contributed by atoms with van der Waals surface area (Å²) in [5.74, 6) is -0.139. The van der Waals surface area contributed by atoms with E-state index in [-0.39, 0.29) is 11.8 Å². The SMILES string of the molecule is CNC/C=C/C(=O)NCCNC/C=C/C(=O)N(C)C. The molecule has 0 aliphatic rings. The number of rotatable bonds is 9. The number of carbonyl (C=O) groups is 2. The van der Waals surface area contributed by atoms with Gasteiger partial charge in [-0.15, -0.1) is 0 Å². The minimum absolute atomic E-state index is 0.0372. The molecule has 108 valence electrons. The molecule has 0 bridgehead atoms. The molecule has 0 saturated carbocycles. The Labute approximate surface area is 114 Å². The lowest BCUT2D eigenvalue weighted by atomic mass is 10.4. The van der Waals surface area contributed by atoms with Crippen molar-refractivity contribution < 1.29 is 9.59 Å². The highest BCUT2D eigenvalue weighted by molar-refractivity contribution is 5.87. The van der Waals surface area contributed by atoms with Gasteiger partial charge in [0.1, 0.15) is 0 Å². The van der Waals surface area contributed by atoms with Crippen LogP contribution in [-0.2, 0) is 9.59 Å². The van der Waals surface area contributed by atoms with E-state index in [0.29, 0.717) is 26.2 Å². The zero-order valence-corrected chi connectivity index (χ0v) is 11.9. The predicted molar refractivity (Wildman–Crippen MR) is 76.8 cm³/mol. The minimum Gasteiger partial charge on any atom is -0.351 e. The fourth-order valence-electron chi connectivity index (χ4n) is 1.11. The fourth-order valence-corrected chi connectivity index (χ4v) is 1.11. The van der Waals surface area contributed by atoms with E-state index in [9.17, 15) is 9.59 Å². The summed E-state index contributed by atoms with van der Waals surface area (Å²) in [6.07, 6.45) is 6.55. The van der Waals surface area contributed by atoms with Crippen molar-refractivity contribution in [2.75, 3.05) is 47.3 Å². The molecule has 2 amide bonds. The van der Waals surface area contributed by atoms with Crippen LogP contribution in [0.25, 0.3) is 0 Å². The van der Waals surface area contributed by atoms with Crippen molar-refractivity contribution >= 4 is 11.8 Å². The van der Waals surface area contributed by atoms with Crippen molar-refractivity contribution in [3.63, 3.8) is 0 Å². The summed E-state index contributed by atoms with van der Waals surface area (Å²) in [6.45, 7) is 2.49. The van der Waals surface area contributed by atoms with Gasteiger partial charge < -0.3 is 20.9 Å². The molecule has 0 saturated heterocycles. The largest absolute Gasteiger partial charge is 0.351 e. The Hall–Kier alpha value is -1.66. The zero-order valence-electron chi connectivity index (χ0n) is 11.9. The second-order valence-electron chi connectivity index (χ2n) is 4.09. The third-order valence-electron chi connectivity index (χ3n) is 2.16. The number of likely N-dealkylation sites (N-methyl/N-ethyl adjacent to an activating group) is 2. The third kappa shape index (κ3) is 11.2. The molecule has 0 aromatic heterocycles. The van der Waals surface area contributed by atoms with E-state index in [1.807, 2.05) is 7.05 Å². The molecule has 0 radical (unpaired) electrons. The van der Waals surface area contributed by atoms with E-state index in [4.69, 9.17) is 0 Å². The van der Waals surface area contributed by atoms with E-state index < -0.39 is 0 Å². The maximum atomic E-state index is 11.3. The molecular weight excluding hydrogens is 244 g/mol. The summed E-state index contributed by atoms with van der Waals surface area (Å²) >= 11 is 0. The van der Waals surface area contributed by atoms with Crippen LogP contribution in [0.15, 0.2) is 24.3 Å². The summed E-state index contributed by atoms with van der Waals surface area (Å²) in [6, 6.07) is 0. The van der Waals surface area contributed by atoms with Crippen LogP contribution in [0.2, 0.25) is 0 Å². The molecule has 0 atom stereocenters. The highest BCUT2D eigenvalue weighted by Crippen LogP contribution is 1.80. The smallest absolute Gasteiger partial charge is 0.245 e. The fraction of sp³-hybridized carbons (Fsp3) is 0.538. The molecule has 0 aliphatic carbocycles. The molecule has 6 heteroatoms. The van der Waals surface area contributed by atoms with Gasteiger partial charge in [-0.1, -0.05) is 12.2 Å². The summed E-state index contributed by atoms with van der Waals surface area (Å²) < 4.78 is 0. The average Bonchev–Trinajstić information content (AvgIpc) is 2.37. The van der Waals surface area contributed by atoms with Crippen LogP contribution >= 0.6 is 0 Å². The van der Waals surface area contributed by atoms with Crippen LogP contribution < -0.4 is 16.0 Å². The van der Waals surface area contributed by atoms with E-state index in [1.54, 1.807) is 26.2 Å². The lowest BCUT2D eigenvalue weighted by Gasteiger charge is -2.05. The normalized spacial score (nSPS) is 11.1. The predicted octanol–water partition coefficient (Wildman–Crippen LogP) is -0.888. The monoisotopic (exact) mass is 268 g/mol. The van der Waals surface area contributed by atoms with Crippen LogP contribution in [0.5, 0.6) is 0 Å². The highest BCUT2D eigenvalue weighted by Gasteiger charge is 1.95. The van der Waals surface area contributed by atoms with E-state index in [0.717, 1.165) is 0 Å². The van der Waals surface area contributed by atoms with Crippen molar-refractivity contribution in [1.29, 1.82) is 0 Å². The Morgan fingerprint density at radius 1 is 1.05 bits per heavy atom. The number of nitrogens with one attached hydrogen (secondary N) is 3. The standard InChI is InChI=1S/C13H24N4O2/c1-14-8-4-6-12(18)16-11-10-15-9-5-7-13(19)17(2)3/h4-7,14-15H,8-11H2,1-3H3,(H,16,18)/b6-4+,7-5+. The maximum Gasteiger partial charge on any atom is 0.245 e. The van der Waals surface area contributed by atoms with Gasteiger partial charge in [-0.05, 0) is 7.05 Å². The Kier molecular flexibility index (Phi) is 10.4. The van der Waals surface area contributed by atoms with Crippen molar-refractivity contribution in [2.45, 2.75) is 0 Å². The molecule has 19 heavy (non-hydrogen) atoms. The minimum atomic E-state index is -0.102. The molecule has 3 N–H and O–H groups in total. The van der Waals surface area contributed by atoms with Gasteiger partial charge in [0.25, 0.3) is 0 Å². The molecule has 6 nitrogen and oxygen atoms in total. The number of hydrogen-bond acceptors (Lipinski definition) is 4. The molecule has 0 aromatic rings. The van der Waals surface area contributed by atoms with Crippen molar-refractivity contribution in [3.8, 4) is 0 Å². The maximum absolute atomic E-state index is 11.3. The number of hydrogen-bond donors (Lipinski definition) is 3. The van der Waals surface area contributed by atoms with Crippen molar-refractivity contribution in [2.24, 2.45) is 0 Å². The van der Waals surface area contributed by atoms with E-state index in [2.05, 4.69) is 16.0 Å². The topological polar surface area (TPSA) is 73.5 Å². The van der Waals surface area contributed by atoms with Crippen LogP contribution in [0.1, 0.15) is 0 Å². The van der Waals surface area contributed by atoms with Gasteiger partial charge >= 0.3 is 0 Å². The summed E-state index contributed by atoms with van der Waals surface area (Å²) in [5, 5.41) is 8.75. The van der Waals surface area contributed by atoms with Gasteiger partial charge in [0.15, 0.2) is 0 Å². The Morgan fingerprint density at radius 2 is 1.74 bits per heavy atom. The first-order valence-electron chi connectivity index (χ1n) is 6.25. The molecule has 0 spiro atoms. The lowest BCUT2D eigenvalue weighted by molar-refractivity contribution is -0.123. The van der Waals surface area contributed by atoms with Gasteiger partial charge in [0, 0.05) is 52.4 Å². The second-order valence-corrected chi connectivity index (χ2v) is 4.09. The zero-order chi connectivity index (χ0) is 14.5. The number of carbonyl (C=O) groups excluding carboxylic acids is 2. The second kappa shape index (κ2) is 11.4. The molecular formula is C13H24N4O2. The van der Waals surface area contributed by atoms with Crippen molar-refractivity contribution in [3.05, 3.63) is 24.3 Å². The molecule has 0 unspecified atom stereocenters. The first kappa shape index (κ1) is 17.3. The van der Waals surface area contributed by atoms with Gasteiger partial charge in [0.05, 0.1) is 0 Å². The van der Waals surface area contributed by atoms with Gasteiger partial charge in [-0.2, -0.15) is 0 Å². The third-order valence-corrected chi connectivity index (χ3v) is 2.16. The lowest BCUT2D eigenvalue weighted by Crippen LogP contribution is -2.31. The quantitative estimate of drug-likeness (QED) is 0.375. The summed E-state index contributed by atoms with van der Waals surface area (Å²) in [5.41, 5.74) is 0. The van der Waals surface area contributed by atoms with Crippen molar-refractivity contribution in [1.82, 2.24) is 20.9 Å². The summed E-state index contributed by atoms with van der Waals surface area (Å²) in [4.78, 5) is 23.9. The molecule has 0 aromatic carbocycles. The van der Waals surface area contributed by atoms with Crippen LogP contribution in [-0.4, -0.2) is 64.0 Å². The highest BCUT2D eigenvalue weighted by atomic mass is 16.2. The Bertz CT molecular complexity index is 325. The Balaban J connectivity index is 3.50. The van der Waals surface area contributed by atoms with Crippen LogP contribution in [0.4, 0.5) is 0 Å². The first-order chi connectivity index (χ1) is 9.07. The van der Waals surface area contributed by atoms with Gasteiger partial charge in [-0.3, -0.25) is 9.59 Å². The van der Waals surface area contributed by atoms with E-state index >= 15 is 0 Å².